The highest BCUT2D eigenvalue weighted by Gasteiger charge is 2.35. The molecule has 10 heteroatoms. The van der Waals surface area contributed by atoms with Crippen molar-refractivity contribution in [1.29, 1.82) is 0 Å². The molecule has 0 spiro atoms. The zero-order valence-corrected chi connectivity index (χ0v) is 32.4. The molecule has 4 aromatic carbocycles. The minimum absolute atomic E-state index is 0.0467. The Labute approximate surface area is 328 Å². The van der Waals surface area contributed by atoms with Crippen LogP contribution in [-0.2, 0) is 48.9 Å². The van der Waals surface area contributed by atoms with Gasteiger partial charge in [0.2, 0.25) is 5.91 Å². The van der Waals surface area contributed by atoms with Gasteiger partial charge in [-0.3, -0.25) is 19.3 Å². The molecular weight excluding hydrogens is 703 g/mol. The lowest BCUT2D eigenvalue weighted by Gasteiger charge is -2.41. The van der Waals surface area contributed by atoms with Crippen LogP contribution in [0.15, 0.2) is 97.1 Å². The number of benzene rings is 4. The Kier molecular flexibility index (Phi) is 10.5. The van der Waals surface area contributed by atoms with E-state index in [1.807, 2.05) is 76.9 Å². The first-order chi connectivity index (χ1) is 27.1. The summed E-state index contributed by atoms with van der Waals surface area (Å²) in [6, 6.07) is 30.8. The van der Waals surface area contributed by atoms with Gasteiger partial charge in [0.15, 0.2) is 0 Å². The lowest BCUT2D eigenvalue weighted by atomic mass is 9.89. The zero-order chi connectivity index (χ0) is 38.9. The Bertz CT molecular complexity index is 2260. The van der Waals surface area contributed by atoms with Crippen LogP contribution in [0.4, 0.5) is 5.69 Å². The molecule has 56 heavy (non-hydrogen) atoms. The number of phenols is 1. The SMILES string of the molecule is Cc1c(C(=O)N(C)c2ccc(O)cc2)cc(-c2cc3c(cc2C(=O)N2Cc4ccccc4C[C@H]2CN2CCOCC2)CN(C(=O)Cc2ccccc2)CC3)n1C. The van der Waals surface area contributed by atoms with Crippen molar-refractivity contribution in [3.63, 3.8) is 0 Å². The van der Waals surface area contributed by atoms with Crippen LogP contribution in [0.1, 0.15) is 54.2 Å². The number of fused-ring (bicyclic) bond motifs is 2. The maximum Gasteiger partial charge on any atom is 0.259 e. The van der Waals surface area contributed by atoms with Gasteiger partial charge in [-0.1, -0.05) is 54.6 Å². The summed E-state index contributed by atoms with van der Waals surface area (Å²) in [4.78, 5) is 50.9. The summed E-state index contributed by atoms with van der Waals surface area (Å²) >= 11 is 0. The average molecular weight is 752 g/mol. The molecule has 3 amide bonds. The Hall–Kier alpha value is -5.71. The topological polar surface area (TPSA) is 98.6 Å². The maximum atomic E-state index is 15.4. The molecule has 0 saturated carbocycles. The van der Waals surface area contributed by atoms with Crippen LogP contribution >= 0.6 is 0 Å². The van der Waals surface area contributed by atoms with Crippen molar-refractivity contribution < 1.29 is 24.2 Å². The highest BCUT2D eigenvalue weighted by Crippen LogP contribution is 2.36. The van der Waals surface area contributed by atoms with Crippen LogP contribution in [0.25, 0.3) is 11.3 Å². The van der Waals surface area contributed by atoms with E-state index in [4.69, 9.17) is 4.74 Å². The molecule has 1 fully saturated rings. The maximum absolute atomic E-state index is 15.4. The second-order valence-corrected chi connectivity index (χ2v) is 15.3. The number of rotatable bonds is 8. The molecule has 0 aliphatic carbocycles. The number of carbonyl (C=O) groups excluding carboxylic acids is 3. The van der Waals surface area contributed by atoms with Gasteiger partial charge in [-0.25, -0.2) is 0 Å². The van der Waals surface area contributed by atoms with E-state index < -0.39 is 0 Å². The number of hydrogen-bond acceptors (Lipinski definition) is 6. The number of anilines is 1. The van der Waals surface area contributed by atoms with Gasteiger partial charge in [0.05, 0.1) is 25.2 Å². The predicted molar refractivity (Wildman–Crippen MR) is 217 cm³/mol. The summed E-state index contributed by atoms with van der Waals surface area (Å²) in [5.74, 6) is -0.0516. The molecule has 10 nitrogen and oxygen atoms in total. The molecule has 3 aliphatic rings. The molecule has 4 heterocycles. The van der Waals surface area contributed by atoms with Crippen LogP contribution in [0.3, 0.4) is 0 Å². The summed E-state index contributed by atoms with van der Waals surface area (Å²) in [5, 5.41) is 9.84. The van der Waals surface area contributed by atoms with E-state index in [0.717, 1.165) is 65.3 Å². The summed E-state index contributed by atoms with van der Waals surface area (Å²) in [7, 11) is 3.67. The number of carbonyl (C=O) groups is 3. The summed E-state index contributed by atoms with van der Waals surface area (Å²) < 4.78 is 7.67. The van der Waals surface area contributed by atoms with Gasteiger partial charge in [0.25, 0.3) is 11.8 Å². The van der Waals surface area contributed by atoms with Crippen molar-refractivity contribution in [2.24, 2.45) is 7.05 Å². The molecule has 0 bridgehead atoms. The number of phenolic OH excluding ortho intramolecular Hbond substituents is 1. The first-order valence-corrected chi connectivity index (χ1v) is 19.5. The number of morpholine rings is 1. The first-order valence-electron chi connectivity index (χ1n) is 19.5. The molecule has 288 valence electrons. The lowest BCUT2D eigenvalue weighted by Crippen LogP contribution is -2.52. The average Bonchev–Trinajstić information content (AvgIpc) is 3.52. The molecule has 8 rings (SSSR count). The van der Waals surface area contributed by atoms with Gasteiger partial charge >= 0.3 is 0 Å². The molecule has 1 N–H and O–H groups in total. The van der Waals surface area contributed by atoms with Crippen molar-refractivity contribution >= 4 is 23.4 Å². The fourth-order valence-corrected chi connectivity index (χ4v) is 8.47. The van der Waals surface area contributed by atoms with Crippen molar-refractivity contribution in [3.05, 3.63) is 142 Å². The Morgan fingerprint density at radius 2 is 1.52 bits per heavy atom. The zero-order valence-electron chi connectivity index (χ0n) is 32.4. The van der Waals surface area contributed by atoms with Crippen LogP contribution in [-0.4, -0.2) is 94.6 Å². The van der Waals surface area contributed by atoms with Crippen LogP contribution in [0, 0.1) is 6.92 Å². The number of ether oxygens (including phenoxy) is 1. The smallest absolute Gasteiger partial charge is 0.259 e. The third kappa shape index (κ3) is 7.46. The number of aromatic nitrogens is 1. The Morgan fingerprint density at radius 3 is 2.27 bits per heavy atom. The van der Waals surface area contributed by atoms with Crippen LogP contribution < -0.4 is 4.90 Å². The highest BCUT2D eigenvalue weighted by atomic mass is 16.5. The van der Waals surface area contributed by atoms with E-state index in [2.05, 4.69) is 29.2 Å². The van der Waals surface area contributed by atoms with Crippen LogP contribution in [0.2, 0.25) is 0 Å². The first kappa shape index (κ1) is 37.2. The van der Waals surface area contributed by atoms with E-state index in [1.165, 1.54) is 5.56 Å². The highest BCUT2D eigenvalue weighted by molar-refractivity contribution is 6.08. The van der Waals surface area contributed by atoms with Gasteiger partial charge in [-0.15, -0.1) is 0 Å². The molecular formula is C46H49N5O5. The quantitative estimate of drug-likeness (QED) is 0.209. The van der Waals surface area contributed by atoms with E-state index in [1.54, 1.807) is 36.2 Å². The number of aromatic hydroxyl groups is 1. The fourth-order valence-electron chi connectivity index (χ4n) is 8.47. The fraction of sp³-hybridized carbons (Fsp3) is 0.326. The molecule has 5 aromatic rings. The molecule has 1 aromatic heterocycles. The third-order valence-corrected chi connectivity index (χ3v) is 11.9. The molecule has 3 aliphatic heterocycles. The van der Waals surface area contributed by atoms with Gasteiger partial charge in [-0.05, 0) is 90.0 Å². The molecule has 0 unspecified atom stereocenters. The van der Waals surface area contributed by atoms with E-state index in [0.29, 0.717) is 62.5 Å². The monoisotopic (exact) mass is 751 g/mol. The second-order valence-electron chi connectivity index (χ2n) is 15.3. The van der Waals surface area contributed by atoms with E-state index >= 15 is 4.79 Å². The van der Waals surface area contributed by atoms with Gasteiger partial charge in [-0.2, -0.15) is 0 Å². The summed E-state index contributed by atoms with van der Waals surface area (Å²) in [6.07, 6.45) is 1.74. The Balaban J connectivity index is 1.19. The van der Waals surface area contributed by atoms with Crippen molar-refractivity contribution in [3.8, 4) is 17.0 Å². The minimum Gasteiger partial charge on any atom is -0.508 e. The second kappa shape index (κ2) is 15.8. The van der Waals surface area contributed by atoms with Crippen molar-refractivity contribution in [2.45, 2.75) is 45.3 Å². The molecule has 0 radical (unpaired) electrons. The largest absolute Gasteiger partial charge is 0.508 e. The number of nitrogens with zero attached hydrogens (tertiary/aromatic N) is 5. The lowest BCUT2D eigenvalue weighted by molar-refractivity contribution is -0.131. The van der Waals surface area contributed by atoms with Gasteiger partial charge in [0.1, 0.15) is 5.75 Å². The van der Waals surface area contributed by atoms with E-state index in [9.17, 15) is 14.7 Å². The van der Waals surface area contributed by atoms with Crippen molar-refractivity contribution in [1.82, 2.24) is 19.3 Å². The summed E-state index contributed by atoms with van der Waals surface area (Å²) in [5.41, 5.74) is 9.56. The molecule has 1 atom stereocenters. The van der Waals surface area contributed by atoms with Gasteiger partial charge < -0.3 is 29.1 Å². The van der Waals surface area contributed by atoms with Crippen LogP contribution in [0.5, 0.6) is 5.75 Å². The number of hydrogen-bond donors (Lipinski definition) is 1. The Morgan fingerprint density at radius 1 is 0.804 bits per heavy atom. The summed E-state index contributed by atoms with van der Waals surface area (Å²) in [6.45, 7) is 7.20. The minimum atomic E-state index is -0.188. The third-order valence-electron chi connectivity index (χ3n) is 11.9. The standard InChI is InChI=1S/C46H49N5O5/c1-31-40(45(54)48(3)37-13-15-39(52)16-14-37)27-43(47(31)2)41-25-34-17-18-50(44(53)23-32-9-5-4-6-10-32)28-36(34)26-42(41)46(55)51-29-35-12-8-7-11-33(35)24-38(51)30-49-19-21-56-22-20-49/h4-16,25-27,38,52H,17-24,28-30H2,1-3H3/t38-/m0/s1. The molecule has 1 saturated heterocycles. The predicted octanol–water partition coefficient (Wildman–Crippen LogP) is 6.01. The van der Waals surface area contributed by atoms with Crippen molar-refractivity contribution in [2.75, 3.05) is 51.3 Å². The number of amides is 3. The normalized spacial score (nSPS) is 16.9. The van der Waals surface area contributed by atoms with E-state index in [-0.39, 0.29) is 29.5 Å². The van der Waals surface area contributed by atoms with Gasteiger partial charge in [0, 0.05) is 87.6 Å².